The maximum atomic E-state index is 12.2. The zero-order valence-corrected chi connectivity index (χ0v) is 12.0. The molecule has 2 rings (SSSR count). The third-order valence-corrected chi connectivity index (χ3v) is 3.64. The van der Waals surface area contributed by atoms with Crippen LogP contribution in [0.3, 0.4) is 0 Å². The lowest BCUT2D eigenvalue weighted by atomic mass is 10.0. The number of nitrogens with one attached hydrogen (secondary N) is 1. The van der Waals surface area contributed by atoms with Crippen LogP contribution in [0.1, 0.15) is 26.2 Å². The van der Waals surface area contributed by atoms with Crippen LogP contribution in [-0.4, -0.2) is 33.4 Å². The summed E-state index contributed by atoms with van der Waals surface area (Å²) in [5.74, 6) is 0. The number of hydrogen-bond acceptors (Lipinski definition) is 5. The predicted octanol–water partition coefficient (Wildman–Crippen LogP) is 2.91. The van der Waals surface area contributed by atoms with E-state index < -0.39 is 27.3 Å². The number of amides is 2. The lowest BCUT2D eigenvalue weighted by Crippen LogP contribution is -2.44. The van der Waals surface area contributed by atoms with E-state index in [1.807, 2.05) is 6.92 Å². The van der Waals surface area contributed by atoms with Crippen LogP contribution >= 0.6 is 0 Å². The molecule has 1 fully saturated rings. The molecule has 118 valence electrons. The topological polar surface area (TPSA) is 119 Å². The van der Waals surface area contributed by atoms with Crippen molar-refractivity contribution in [1.82, 2.24) is 4.90 Å². The van der Waals surface area contributed by atoms with Crippen molar-refractivity contribution in [1.29, 1.82) is 0 Å². The van der Waals surface area contributed by atoms with E-state index in [0.29, 0.717) is 6.54 Å². The number of nitro benzene ring substituents is 2. The van der Waals surface area contributed by atoms with Gasteiger partial charge in [-0.05, 0) is 26.2 Å². The third kappa shape index (κ3) is 3.48. The SMILES string of the molecule is CC1CCCCN1C(=O)Nc1cc([N+](=O)[O-])cc([N+](=O)[O-])c1. The molecule has 1 unspecified atom stereocenters. The molecule has 1 N–H and O–H groups in total. The zero-order chi connectivity index (χ0) is 16.3. The van der Waals surface area contributed by atoms with Gasteiger partial charge in [-0.15, -0.1) is 0 Å². The number of carbonyl (C=O) groups excluding carboxylic acids is 1. The van der Waals surface area contributed by atoms with Gasteiger partial charge in [0.1, 0.15) is 0 Å². The molecule has 1 saturated heterocycles. The quantitative estimate of drug-likeness (QED) is 0.680. The van der Waals surface area contributed by atoms with Crippen LogP contribution in [0.5, 0.6) is 0 Å². The molecule has 0 spiro atoms. The molecule has 1 aliphatic rings. The monoisotopic (exact) mass is 308 g/mol. The van der Waals surface area contributed by atoms with Crippen LogP contribution in [0, 0.1) is 20.2 Å². The maximum Gasteiger partial charge on any atom is 0.322 e. The van der Waals surface area contributed by atoms with Gasteiger partial charge in [-0.25, -0.2) is 4.79 Å². The Morgan fingerprint density at radius 3 is 2.27 bits per heavy atom. The Kier molecular flexibility index (Phi) is 4.54. The normalized spacial score (nSPS) is 17.9. The minimum Gasteiger partial charge on any atom is -0.322 e. The molecule has 2 amide bonds. The summed E-state index contributed by atoms with van der Waals surface area (Å²) in [7, 11) is 0. The van der Waals surface area contributed by atoms with Gasteiger partial charge in [0.25, 0.3) is 11.4 Å². The number of urea groups is 1. The minimum atomic E-state index is -0.730. The summed E-state index contributed by atoms with van der Waals surface area (Å²) in [4.78, 5) is 34.0. The lowest BCUT2D eigenvalue weighted by molar-refractivity contribution is -0.394. The van der Waals surface area contributed by atoms with Crippen LogP contribution in [0.25, 0.3) is 0 Å². The molecule has 1 aromatic rings. The first-order valence-corrected chi connectivity index (χ1v) is 6.90. The molecule has 0 aromatic heterocycles. The Morgan fingerprint density at radius 1 is 1.18 bits per heavy atom. The Bertz CT molecular complexity index is 586. The van der Waals surface area contributed by atoms with Gasteiger partial charge in [-0.2, -0.15) is 0 Å². The van der Waals surface area contributed by atoms with E-state index in [4.69, 9.17) is 0 Å². The van der Waals surface area contributed by atoms with Crippen molar-refractivity contribution >= 4 is 23.1 Å². The van der Waals surface area contributed by atoms with Crippen LogP contribution in [0.15, 0.2) is 18.2 Å². The number of piperidine rings is 1. The van der Waals surface area contributed by atoms with Crippen LogP contribution in [0.4, 0.5) is 21.9 Å². The molecular weight excluding hydrogens is 292 g/mol. The van der Waals surface area contributed by atoms with Crippen LogP contribution < -0.4 is 5.32 Å². The van der Waals surface area contributed by atoms with Crippen LogP contribution in [0.2, 0.25) is 0 Å². The molecular formula is C13H16N4O5. The van der Waals surface area contributed by atoms with E-state index in [0.717, 1.165) is 37.5 Å². The van der Waals surface area contributed by atoms with Crippen molar-refractivity contribution in [2.45, 2.75) is 32.2 Å². The second kappa shape index (κ2) is 6.37. The molecule has 1 heterocycles. The summed E-state index contributed by atoms with van der Waals surface area (Å²) in [5, 5.41) is 24.2. The van der Waals surface area contributed by atoms with Gasteiger partial charge in [0.15, 0.2) is 0 Å². The van der Waals surface area contributed by atoms with E-state index in [1.165, 1.54) is 0 Å². The number of hydrogen-bond donors (Lipinski definition) is 1. The fourth-order valence-electron chi connectivity index (χ4n) is 2.47. The predicted molar refractivity (Wildman–Crippen MR) is 78.8 cm³/mol. The Morgan fingerprint density at radius 2 is 1.77 bits per heavy atom. The molecule has 1 atom stereocenters. The number of nitrogens with zero attached hydrogens (tertiary/aromatic N) is 3. The number of carbonyl (C=O) groups is 1. The standard InChI is InChI=1S/C13H16N4O5/c1-9-4-2-3-5-15(9)13(18)14-10-6-11(16(19)20)8-12(7-10)17(21)22/h6-9H,2-5H2,1H3,(H,14,18). The highest BCUT2D eigenvalue weighted by Crippen LogP contribution is 2.26. The first-order chi connectivity index (χ1) is 10.4. The number of non-ortho nitro benzene ring substituents is 2. The fourth-order valence-corrected chi connectivity index (χ4v) is 2.47. The molecule has 0 saturated carbocycles. The molecule has 9 heteroatoms. The number of likely N-dealkylation sites (tertiary alicyclic amines) is 1. The molecule has 1 aromatic carbocycles. The Balaban J connectivity index is 2.22. The molecule has 22 heavy (non-hydrogen) atoms. The van der Waals surface area contributed by atoms with E-state index in [2.05, 4.69) is 5.32 Å². The van der Waals surface area contributed by atoms with E-state index in [1.54, 1.807) is 4.90 Å². The van der Waals surface area contributed by atoms with Gasteiger partial charge >= 0.3 is 6.03 Å². The van der Waals surface area contributed by atoms with E-state index >= 15 is 0 Å². The van der Waals surface area contributed by atoms with Crippen molar-refractivity contribution < 1.29 is 14.6 Å². The lowest BCUT2D eigenvalue weighted by Gasteiger charge is -2.33. The number of nitro groups is 2. The van der Waals surface area contributed by atoms with Gasteiger partial charge in [0.2, 0.25) is 0 Å². The number of anilines is 1. The average Bonchev–Trinajstić information content (AvgIpc) is 2.47. The molecule has 1 aliphatic heterocycles. The van der Waals surface area contributed by atoms with Crippen molar-refractivity contribution in [3.05, 3.63) is 38.4 Å². The summed E-state index contributed by atoms with van der Waals surface area (Å²) in [6.07, 6.45) is 2.84. The van der Waals surface area contributed by atoms with Gasteiger partial charge in [-0.1, -0.05) is 0 Å². The second-order valence-electron chi connectivity index (χ2n) is 5.22. The summed E-state index contributed by atoms with van der Waals surface area (Å²) in [5.41, 5.74) is -0.823. The molecule has 0 aliphatic carbocycles. The highest BCUT2D eigenvalue weighted by molar-refractivity contribution is 5.90. The average molecular weight is 308 g/mol. The fraction of sp³-hybridized carbons (Fsp3) is 0.462. The molecule has 0 radical (unpaired) electrons. The Labute approximate surface area is 126 Å². The van der Waals surface area contributed by atoms with Crippen molar-refractivity contribution in [3.8, 4) is 0 Å². The smallest absolute Gasteiger partial charge is 0.322 e. The van der Waals surface area contributed by atoms with Crippen molar-refractivity contribution in [2.24, 2.45) is 0 Å². The number of benzene rings is 1. The van der Waals surface area contributed by atoms with Gasteiger partial charge < -0.3 is 10.2 Å². The Hall–Kier alpha value is -2.71. The van der Waals surface area contributed by atoms with Crippen molar-refractivity contribution in [2.75, 3.05) is 11.9 Å². The van der Waals surface area contributed by atoms with E-state index in [9.17, 15) is 25.0 Å². The van der Waals surface area contributed by atoms with Gasteiger partial charge in [0, 0.05) is 24.7 Å². The molecule has 9 nitrogen and oxygen atoms in total. The largest absolute Gasteiger partial charge is 0.322 e. The summed E-state index contributed by atoms with van der Waals surface area (Å²) >= 11 is 0. The maximum absolute atomic E-state index is 12.2. The summed E-state index contributed by atoms with van der Waals surface area (Å²) in [6, 6.07) is 2.75. The van der Waals surface area contributed by atoms with E-state index in [-0.39, 0.29) is 11.7 Å². The van der Waals surface area contributed by atoms with Gasteiger partial charge in [-0.3, -0.25) is 20.2 Å². The van der Waals surface area contributed by atoms with Gasteiger partial charge in [0.05, 0.1) is 21.6 Å². The summed E-state index contributed by atoms with van der Waals surface area (Å²) < 4.78 is 0. The zero-order valence-electron chi connectivity index (χ0n) is 12.0. The molecule has 0 bridgehead atoms. The minimum absolute atomic E-state index is 0.0451. The van der Waals surface area contributed by atoms with Crippen molar-refractivity contribution in [3.63, 3.8) is 0 Å². The first-order valence-electron chi connectivity index (χ1n) is 6.90. The number of rotatable bonds is 3. The highest BCUT2D eigenvalue weighted by Gasteiger charge is 2.24. The third-order valence-electron chi connectivity index (χ3n) is 3.64. The highest BCUT2D eigenvalue weighted by atomic mass is 16.6. The van der Waals surface area contributed by atoms with Crippen LogP contribution in [-0.2, 0) is 0 Å². The first kappa shape index (κ1) is 15.7. The summed E-state index contributed by atoms with van der Waals surface area (Å²) in [6.45, 7) is 2.53. The second-order valence-corrected chi connectivity index (χ2v) is 5.22.